The van der Waals surface area contributed by atoms with E-state index in [0.29, 0.717) is 0 Å². The lowest BCUT2D eigenvalue weighted by Crippen LogP contribution is -2.37. The lowest BCUT2D eigenvalue weighted by atomic mass is 9.95. The number of nitrogens with one attached hydrogen (secondary N) is 1. The molecule has 2 fully saturated rings. The van der Waals surface area contributed by atoms with Gasteiger partial charge in [-0.1, -0.05) is 6.42 Å². The molecule has 2 N–H and O–H groups in total. The molecule has 2 nitrogen and oxygen atoms in total. The van der Waals surface area contributed by atoms with Gasteiger partial charge in [-0.25, -0.2) is 0 Å². The van der Waals surface area contributed by atoms with E-state index < -0.39 is 5.60 Å². The number of hydrogen-bond acceptors (Lipinski definition) is 2. The topological polar surface area (TPSA) is 32.3 Å². The second kappa shape index (κ2) is 3.82. The molecular formula is C12H23NO. The molecule has 0 aromatic heterocycles. The fourth-order valence-corrected chi connectivity index (χ4v) is 3.06. The van der Waals surface area contributed by atoms with Crippen LogP contribution in [0, 0.1) is 11.8 Å². The van der Waals surface area contributed by atoms with E-state index in [0.717, 1.165) is 30.8 Å². The first kappa shape index (κ1) is 10.4. The predicted octanol–water partition coefficient (Wildman–Crippen LogP) is 1.93. The van der Waals surface area contributed by atoms with Gasteiger partial charge < -0.3 is 10.4 Å². The van der Waals surface area contributed by atoms with Gasteiger partial charge in [-0.05, 0) is 57.9 Å². The van der Waals surface area contributed by atoms with Crippen molar-refractivity contribution in [3.63, 3.8) is 0 Å². The molecule has 0 aliphatic heterocycles. The first-order chi connectivity index (χ1) is 6.54. The lowest BCUT2D eigenvalue weighted by Gasteiger charge is -2.25. The standard InChI is InChI=1S/C12H23NO/c1-12(2,14)5-6-13-11-8-9-3-4-10(11)7-9/h9-11,13-14H,3-8H2,1-2H3. The lowest BCUT2D eigenvalue weighted by molar-refractivity contribution is 0.0696. The fourth-order valence-electron chi connectivity index (χ4n) is 3.06. The second-order valence-corrected chi connectivity index (χ2v) is 5.80. The first-order valence-corrected chi connectivity index (χ1v) is 6.00. The van der Waals surface area contributed by atoms with Crippen molar-refractivity contribution in [2.45, 2.75) is 57.6 Å². The second-order valence-electron chi connectivity index (χ2n) is 5.80. The van der Waals surface area contributed by atoms with Crippen LogP contribution in [0.4, 0.5) is 0 Å². The van der Waals surface area contributed by atoms with Gasteiger partial charge in [-0.3, -0.25) is 0 Å². The molecule has 2 heteroatoms. The van der Waals surface area contributed by atoms with Crippen molar-refractivity contribution in [3.8, 4) is 0 Å². The smallest absolute Gasteiger partial charge is 0.0603 e. The molecule has 0 spiro atoms. The molecule has 0 aromatic carbocycles. The third kappa shape index (κ3) is 2.48. The first-order valence-electron chi connectivity index (χ1n) is 6.00. The van der Waals surface area contributed by atoms with Gasteiger partial charge in [0.05, 0.1) is 5.60 Å². The van der Waals surface area contributed by atoms with Gasteiger partial charge >= 0.3 is 0 Å². The van der Waals surface area contributed by atoms with Crippen molar-refractivity contribution in [2.24, 2.45) is 11.8 Å². The van der Waals surface area contributed by atoms with Crippen molar-refractivity contribution < 1.29 is 5.11 Å². The quantitative estimate of drug-likeness (QED) is 0.721. The predicted molar refractivity (Wildman–Crippen MR) is 58.2 cm³/mol. The normalized spacial score (nSPS) is 36.6. The molecule has 2 rings (SSSR count). The van der Waals surface area contributed by atoms with E-state index in [1.807, 2.05) is 13.8 Å². The maximum Gasteiger partial charge on any atom is 0.0603 e. The van der Waals surface area contributed by atoms with Crippen molar-refractivity contribution in [1.29, 1.82) is 0 Å². The minimum absolute atomic E-state index is 0.509. The highest BCUT2D eigenvalue weighted by Gasteiger charge is 2.38. The van der Waals surface area contributed by atoms with Crippen LogP contribution in [-0.2, 0) is 0 Å². The van der Waals surface area contributed by atoms with Gasteiger partial charge in [0.1, 0.15) is 0 Å². The molecule has 0 saturated heterocycles. The van der Waals surface area contributed by atoms with E-state index in [1.165, 1.54) is 25.7 Å². The molecule has 2 aliphatic carbocycles. The highest BCUT2D eigenvalue weighted by molar-refractivity contribution is 4.94. The van der Waals surface area contributed by atoms with Crippen molar-refractivity contribution >= 4 is 0 Å². The summed E-state index contributed by atoms with van der Waals surface area (Å²) in [7, 11) is 0. The van der Waals surface area contributed by atoms with Crippen LogP contribution >= 0.6 is 0 Å². The average Bonchev–Trinajstić information content (AvgIpc) is 2.62. The van der Waals surface area contributed by atoms with Crippen LogP contribution in [-0.4, -0.2) is 23.3 Å². The number of hydrogen-bond donors (Lipinski definition) is 2. The van der Waals surface area contributed by atoms with Crippen molar-refractivity contribution in [2.75, 3.05) is 6.54 Å². The Morgan fingerprint density at radius 1 is 1.29 bits per heavy atom. The Kier molecular flexibility index (Phi) is 2.85. The maximum atomic E-state index is 9.58. The van der Waals surface area contributed by atoms with Crippen LogP contribution in [0.5, 0.6) is 0 Å². The molecule has 0 aromatic rings. The number of aliphatic hydroxyl groups is 1. The number of fused-ring (bicyclic) bond motifs is 2. The maximum absolute atomic E-state index is 9.58. The highest BCUT2D eigenvalue weighted by Crippen LogP contribution is 2.44. The van der Waals surface area contributed by atoms with Crippen LogP contribution < -0.4 is 5.32 Å². The van der Waals surface area contributed by atoms with Crippen molar-refractivity contribution in [1.82, 2.24) is 5.32 Å². The molecule has 2 bridgehead atoms. The Morgan fingerprint density at radius 3 is 2.57 bits per heavy atom. The van der Waals surface area contributed by atoms with E-state index in [4.69, 9.17) is 0 Å². The minimum Gasteiger partial charge on any atom is -0.390 e. The van der Waals surface area contributed by atoms with Crippen LogP contribution in [0.3, 0.4) is 0 Å². The molecule has 0 amide bonds. The van der Waals surface area contributed by atoms with E-state index in [1.54, 1.807) is 0 Å². The van der Waals surface area contributed by atoms with Gasteiger partial charge in [0, 0.05) is 6.04 Å². The average molecular weight is 197 g/mol. The molecule has 0 radical (unpaired) electrons. The van der Waals surface area contributed by atoms with E-state index in [9.17, 15) is 5.11 Å². The van der Waals surface area contributed by atoms with Gasteiger partial charge in [0.25, 0.3) is 0 Å². The van der Waals surface area contributed by atoms with E-state index in [-0.39, 0.29) is 0 Å². The molecule has 3 unspecified atom stereocenters. The molecule has 82 valence electrons. The summed E-state index contributed by atoms with van der Waals surface area (Å²) < 4.78 is 0. The molecule has 2 aliphatic rings. The van der Waals surface area contributed by atoms with Crippen LogP contribution in [0.2, 0.25) is 0 Å². The van der Waals surface area contributed by atoms with Crippen LogP contribution in [0.15, 0.2) is 0 Å². The molecule has 2 saturated carbocycles. The highest BCUT2D eigenvalue weighted by atomic mass is 16.3. The summed E-state index contributed by atoms with van der Waals surface area (Å²) in [6.45, 7) is 4.74. The van der Waals surface area contributed by atoms with Gasteiger partial charge in [-0.2, -0.15) is 0 Å². The zero-order valence-corrected chi connectivity index (χ0v) is 9.42. The summed E-state index contributed by atoms with van der Waals surface area (Å²) in [6.07, 6.45) is 6.61. The fraction of sp³-hybridized carbons (Fsp3) is 1.00. The Bertz CT molecular complexity index is 197. The minimum atomic E-state index is -0.509. The molecule has 3 atom stereocenters. The summed E-state index contributed by atoms with van der Waals surface area (Å²) in [4.78, 5) is 0. The summed E-state index contributed by atoms with van der Waals surface area (Å²) in [5.74, 6) is 1.96. The van der Waals surface area contributed by atoms with Gasteiger partial charge in [-0.15, -0.1) is 0 Å². The molecule has 0 heterocycles. The number of rotatable bonds is 4. The van der Waals surface area contributed by atoms with E-state index in [2.05, 4.69) is 5.32 Å². The zero-order chi connectivity index (χ0) is 10.2. The Balaban J connectivity index is 1.67. The Hall–Kier alpha value is -0.0800. The van der Waals surface area contributed by atoms with Gasteiger partial charge in [0.15, 0.2) is 0 Å². The van der Waals surface area contributed by atoms with Crippen LogP contribution in [0.25, 0.3) is 0 Å². The third-order valence-corrected chi connectivity index (χ3v) is 3.88. The van der Waals surface area contributed by atoms with Gasteiger partial charge in [0.2, 0.25) is 0 Å². The monoisotopic (exact) mass is 197 g/mol. The summed E-state index contributed by atoms with van der Waals surface area (Å²) in [6, 6.07) is 0.760. The largest absolute Gasteiger partial charge is 0.390 e. The molecule has 14 heavy (non-hydrogen) atoms. The summed E-state index contributed by atoms with van der Waals surface area (Å²) in [5, 5.41) is 13.2. The SMILES string of the molecule is CC(C)(O)CCNC1CC2CCC1C2. The third-order valence-electron chi connectivity index (χ3n) is 3.88. The Labute approximate surface area is 87.1 Å². The van der Waals surface area contributed by atoms with Crippen molar-refractivity contribution in [3.05, 3.63) is 0 Å². The van der Waals surface area contributed by atoms with E-state index >= 15 is 0 Å². The van der Waals surface area contributed by atoms with Crippen LogP contribution in [0.1, 0.15) is 46.0 Å². The zero-order valence-electron chi connectivity index (χ0n) is 9.42. The summed E-state index contributed by atoms with van der Waals surface area (Å²) >= 11 is 0. The molecular weight excluding hydrogens is 174 g/mol. The Morgan fingerprint density at radius 2 is 2.07 bits per heavy atom. The summed E-state index contributed by atoms with van der Waals surface area (Å²) in [5.41, 5.74) is -0.509.